The molecule has 0 heterocycles. The third-order valence-corrected chi connectivity index (χ3v) is 4.12. The average Bonchev–Trinajstić information content (AvgIpc) is 2.69. The van der Waals surface area contributed by atoms with Gasteiger partial charge in [-0.15, -0.1) is 0 Å². The highest BCUT2D eigenvalue weighted by Crippen LogP contribution is 2.25. The van der Waals surface area contributed by atoms with E-state index in [0.717, 1.165) is 0 Å². The van der Waals surface area contributed by atoms with Crippen molar-refractivity contribution in [1.29, 1.82) is 0 Å². The average molecular weight is 439 g/mol. The number of esters is 1. The van der Waals surface area contributed by atoms with E-state index in [1.807, 2.05) is 6.92 Å². The van der Waals surface area contributed by atoms with Crippen molar-refractivity contribution in [2.75, 3.05) is 23.8 Å². The number of amides is 2. The topological polar surface area (TPSA) is 93.7 Å². The first kappa shape index (κ1) is 22.5. The Hall–Kier alpha value is -2.77. The summed E-state index contributed by atoms with van der Waals surface area (Å²) in [6, 6.07) is 11.4. The molecule has 0 radical (unpaired) electrons. The summed E-state index contributed by atoms with van der Waals surface area (Å²) in [6.45, 7) is 1.98. The summed E-state index contributed by atoms with van der Waals surface area (Å²) >= 11 is 11.8. The Morgan fingerprint density at radius 2 is 1.66 bits per heavy atom. The van der Waals surface area contributed by atoms with Gasteiger partial charge in [0.2, 0.25) is 5.91 Å². The Kier molecular flexibility index (Phi) is 8.76. The minimum atomic E-state index is -0.663. The minimum absolute atomic E-state index is 0.113. The summed E-state index contributed by atoms with van der Waals surface area (Å²) in [7, 11) is 0. The van der Waals surface area contributed by atoms with Gasteiger partial charge in [0.25, 0.3) is 5.91 Å². The van der Waals surface area contributed by atoms with E-state index in [1.54, 1.807) is 36.4 Å². The van der Waals surface area contributed by atoms with Crippen molar-refractivity contribution in [2.45, 2.75) is 19.8 Å². The molecule has 0 aliphatic carbocycles. The zero-order valence-electron chi connectivity index (χ0n) is 15.7. The van der Waals surface area contributed by atoms with E-state index in [0.29, 0.717) is 33.8 Å². The van der Waals surface area contributed by atoms with Crippen LogP contribution >= 0.6 is 23.2 Å². The van der Waals surface area contributed by atoms with Crippen molar-refractivity contribution in [3.05, 3.63) is 52.5 Å². The monoisotopic (exact) mass is 438 g/mol. The number of hydrogen-bond acceptors (Lipinski definition) is 5. The number of carbonyl (C=O) groups excluding carboxylic acids is 3. The maximum absolute atomic E-state index is 11.9. The summed E-state index contributed by atoms with van der Waals surface area (Å²) < 4.78 is 10.2. The highest BCUT2D eigenvalue weighted by Gasteiger charge is 2.12. The molecule has 9 heteroatoms. The van der Waals surface area contributed by atoms with Crippen molar-refractivity contribution in [3.63, 3.8) is 0 Å². The Morgan fingerprint density at radius 3 is 2.31 bits per heavy atom. The molecule has 0 saturated heterocycles. The lowest BCUT2D eigenvalue weighted by atomic mass is 10.2. The normalized spacial score (nSPS) is 10.2. The second-order valence-corrected chi connectivity index (χ2v) is 6.68. The molecule has 0 fully saturated rings. The first-order chi connectivity index (χ1) is 13.9. The lowest BCUT2D eigenvalue weighted by molar-refractivity contribution is -0.147. The number of ether oxygens (including phenoxy) is 2. The van der Waals surface area contributed by atoms with Crippen molar-refractivity contribution in [1.82, 2.24) is 0 Å². The van der Waals surface area contributed by atoms with Crippen LogP contribution in [0.15, 0.2) is 42.5 Å². The first-order valence-corrected chi connectivity index (χ1v) is 9.56. The quantitative estimate of drug-likeness (QED) is 0.569. The van der Waals surface area contributed by atoms with Gasteiger partial charge in [0.1, 0.15) is 5.75 Å². The van der Waals surface area contributed by atoms with Crippen LogP contribution in [-0.4, -0.2) is 31.0 Å². The molecule has 2 N–H and O–H groups in total. The van der Waals surface area contributed by atoms with Crippen LogP contribution in [0.25, 0.3) is 0 Å². The summed E-state index contributed by atoms with van der Waals surface area (Å²) in [5, 5.41) is 5.91. The first-order valence-electron chi connectivity index (χ1n) is 8.80. The summed E-state index contributed by atoms with van der Waals surface area (Å²) in [5.41, 5.74) is 0.942. The molecule has 2 aromatic carbocycles. The SMILES string of the molecule is CCOc1ccc(NC(=O)COC(=O)CCC(=O)Nc2ccc(Cl)cc2Cl)cc1. The number of nitrogens with one attached hydrogen (secondary N) is 2. The third kappa shape index (κ3) is 8.01. The van der Waals surface area contributed by atoms with Crippen molar-refractivity contribution in [2.24, 2.45) is 0 Å². The number of hydrogen-bond donors (Lipinski definition) is 2. The molecule has 2 aromatic rings. The minimum Gasteiger partial charge on any atom is -0.494 e. The largest absolute Gasteiger partial charge is 0.494 e. The number of benzene rings is 2. The molecule has 2 rings (SSSR count). The zero-order valence-corrected chi connectivity index (χ0v) is 17.2. The molecule has 0 aromatic heterocycles. The Bertz CT molecular complexity index is 872. The van der Waals surface area contributed by atoms with E-state index in [1.165, 1.54) is 6.07 Å². The fourth-order valence-corrected chi connectivity index (χ4v) is 2.69. The summed E-state index contributed by atoms with van der Waals surface area (Å²) in [4.78, 5) is 35.5. The highest BCUT2D eigenvalue weighted by atomic mass is 35.5. The maximum atomic E-state index is 11.9. The number of carbonyl (C=O) groups is 3. The van der Waals surface area contributed by atoms with E-state index in [4.69, 9.17) is 32.7 Å². The van der Waals surface area contributed by atoms with Gasteiger partial charge in [-0.05, 0) is 49.4 Å². The second kappa shape index (κ2) is 11.3. The van der Waals surface area contributed by atoms with E-state index in [-0.39, 0.29) is 12.8 Å². The molecule has 0 aliphatic heterocycles. The molecule has 0 atom stereocenters. The number of anilines is 2. The van der Waals surface area contributed by atoms with Crippen LogP contribution in [0.2, 0.25) is 10.0 Å². The van der Waals surface area contributed by atoms with Crippen LogP contribution in [0.3, 0.4) is 0 Å². The van der Waals surface area contributed by atoms with Gasteiger partial charge < -0.3 is 20.1 Å². The predicted molar refractivity (Wildman–Crippen MR) is 112 cm³/mol. The zero-order chi connectivity index (χ0) is 21.2. The van der Waals surface area contributed by atoms with Gasteiger partial charge in [-0.3, -0.25) is 14.4 Å². The van der Waals surface area contributed by atoms with Gasteiger partial charge >= 0.3 is 5.97 Å². The summed E-state index contributed by atoms with van der Waals surface area (Å²) in [6.07, 6.45) is -0.286. The smallest absolute Gasteiger partial charge is 0.306 e. The van der Waals surface area contributed by atoms with Crippen LogP contribution in [0, 0.1) is 0 Å². The van der Waals surface area contributed by atoms with Crippen molar-refractivity contribution < 1.29 is 23.9 Å². The molecule has 7 nitrogen and oxygen atoms in total. The molecule has 0 aliphatic rings. The molecule has 0 saturated carbocycles. The Morgan fingerprint density at radius 1 is 0.931 bits per heavy atom. The maximum Gasteiger partial charge on any atom is 0.306 e. The van der Waals surface area contributed by atoms with Gasteiger partial charge in [-0.2, -0.15) is 0 Å². The van der Waals surface area contributed by atoms with Crippen LogP contribution in [-0.2, 0) is 19.1 Å². The van der Waals surface area contributed by atoms with Crippen LogP contribution in [0.1, 0.15) is 19.8 Å². The molecule has 29 heavy (non-hydrogen) atoms. The van der Waals surface area contributed by atoms with E-state index < -0.39 is 24.4 Å². The van der Waals surface area contributed by atoms with Gasteiger partial charge in [0.15, 0.2) is 6.61 Å². The van der Waals surface area contributed by atoms with E-state index >= 15 is 0 Å². The Labute approximate surface area is 178 Å². The third-order valence-electron chi connectivity index (χ3n) is 3.57. The standard InChI is InChI=1S/C20H20Cl2N2O5/c1-2-28-15-6-4-14(5-7-15)23-19(26)12-29-20(27)10-9-18(25)24-17-8-3-13(21)11-16(17)22/h3-8,11H,2,9-10,12H2,1H3,(H,23,26)(H,24,25). The molecular formula is C20H20Cl2N2O5. The summed E-state index contributed by atoms with van der Waals surface area (Å²) in [5.74, 6) is -0.871. The fourth-order valence-electron chi connectivity index (χ4n) is 2.24. The molecular weight excluding hydrogens is 419 g/mol. The lowest BCUT2D eigenvalue weighted by Crippen LogP contribution is -2.21. The Balaban J connectivity index is 1.69. The van der Waals surface area contributed by atoms with Crippen molar-refractivity contribution in [3.8, 4) is 5.75 Å². The molecule has 2 amide bonds. The van der Waals surface area contributed by atoms with Crippen LogP contribution in [0.5, 0.6) is 5.75 Å². The second-order valence-electron chi connectivity index (χ2n) is 5.84. The molecule has 154 valence electrons. The number of rotatable bonds is 9. The van der Waals surface area contributed by atoms with Crippen molar-refractivity contribution >= 4 is 52.4 Å². The van der Waals surface area contributed by atoms with E-state index in [2.05, 4.69) is 10.6 Å². The predicted octanol–water partition coefficient (Wildman–Crippen LogP) is 4.29. The molecule has 0 bridgehead atoms. The lowest BCUT2D eigenvalue weighted by Gasteiger charge is -2.09. The van der Waals surface area contributed by atoms with Gasteiger partial charge in [-0.1, -0.05) is 23.2 Å². The number of halogens is 2. The van der Waals surface area contributed by atoms with E-state index in [9.17, 15) is 14.4 Å². The molecule has 0 spiro atoms. The highest BCUT2D eigenvalue weighted by molar-refractivity contribution is 6.36. The van der Waals surface area contributed by atoms with Crippen LogP contribution < -0.4 is 15.4 Å². The van der Waals surface area contributed by atoms with Crippen LogP contribution in [0.4, 0.5) is 11.4 Å². The molecule has 0 unspecified atom stereocenters. The van der Waals surface area contributed by atoms with Gasteiger partial charge in [0.05, 0.1) is 23.7 Å². The van der Waals surface area contributed by atoms with Gasteiger partial charge in [-0.25, -0.2) is 0 Å². The fraction of sp³-hybridized carbons (Fsp3) is 0.250. The van der Waals surface area contributed by atoms with Gasteiger partial charge in [0, 0.05) is 17.1 Å².